The molecule has 0 spiro atoms. The van der Waals surface area contributed by atoms with Crippen LogP contribution in [-0.2, 0) is 4.74 Å². The first-order chi connectivity index (χ1) is 18.5. The number of rotatable bonds is 5. The van der Waals surface area contributed by atoms with Crippen LogP contribution in [0.1, 0.15) is 69.4 Å². The van der Waals surface area contributed by atoms with E-state index in [9.17, 15) is 9.59 Å². The third-order valence-electron chi connectivity index (χ3n) is 6.82. The zero-order valence-electron chi connectivity index (χ0n) is 22.8. The van der Waals surface area contributed by atoms with Crippen LogP contribution in [0.2, 0.25) is 5.02 Å². The van der Waals surface area contributed by atoms with E-state index >= 15 is 0 Å². The number of hydrogen-bond acceptors (Lipinski definition) is 8. The number of carbonyl (C=O) groups is 2. The number of anilines is 1. The Bertz CT molecular complexity index is 1220. The highest BCUT2D eigenvalue weighted by atomic mass is 35.5. The summed E-state index contributed by atoms with van der Waals surface area (Å²) in [6, 6.07) is 7.09. The molecule has 2 heterocycles. The molecule has 1 aliphatic carbocycles. The molecule has 1 aromatic carbocycles. The van der Waals surface area contributed by atoms with Crippen molar-refractivity contribution in [3.05, 3.63) is 46.9 Å². The van der Waals surface area contributed by atoms with E-state index in [1.165, 1.54) is 6.20 Å². The Hall–Kier alpha value is -3.58. The second kappa shape index (κ2) is 12.1. The van der Waals surface area contributed by atoms with Crippen LogP contribution < -0.4 is 15.0 Å². The molecule has 11 heteroatoms. The van der Waals surface area contributed by atoms with Crippen molar-refractivity contribution in [2.45, 2.75) is 77.2 Å². The molecule has 2 fully saturated rings. The number of nitrogens with zero attached hydrogens (tertiary/aromatic N) is 5. The highest BCUT2D eigenvalue weighted by molar-refractivity contribution is 6.31. The van der Waals surface area contributed by atoms with Gasteiger partial charge in [0, 0.05) is 37.8 Å². The summed E-state index contributed by atoms with van der Waals surface area (Å²) in [6.07, 6.45) is 5.97. The Labute approximate surface area is 234 Å². The smallest absolute Gasteiger partial charge is 0.410 e. The number of amides is 2. The molecule has 1 aromatic heterocycles. The summed E-state index contributed by atoms with van der Waals surface area (Å²) in [6.45, 7) is 9.26. The molecule has 1 saturated carbocycles. The van der Waals surface area contributed by atoms with Crippen molar-refractivity contribution < 1.29 is 19.1 Å². The van der Waals surface area contributed by atoms with E-state index in [4.69, 9.17) is 26.3 Å². The van der Waals surface area contributed by atoms with Crippen LogP contribution >= 0.6 is 11.6 Å². The van der Waals surface area contributed by atoms with E-state index in [0.29, 0.717) is 41.8 Å². The van der Waals surface area contributed by atoms with Crippen molar-refractivity contribution in [3.8, 4) is 11.8 Å². The standard InChI is InChI=1S/C28H35ClN6O4/c1-18-17-34(11-12-35(18)27(37)39-28(2,3)4)25-16-31-24(15-32-25)26(36)33-20-6-9-21(10-7-20)38-22-8-5-19(14-30)23(29)13-22/h5,8,13,15-16,18,20-21H,6-7,9-12,17H2,1-4H3,(H,33,36)/t18-,20-,21-/m0/s1. The lowest BCUT2D eigenvalue weighted by Crippen LogP contribution is -2.55. The maximum atomic E-state index is 12.8. The molecule has 1 saturated heterocycles. The van der Waals surface area contributed by atoms with Gasteiger partial charge in [-0.25, -0.2) is 14.8 Å². The van der Waals surface area contributed by atoms with Crippen LogP contribution in [0.15, 0.2) is 30.6 Å². The molecule has 1 atom stereocenters. The predicted molar refractivity (Wildman–Crippen MR) is 147 cm³/mol. The molecule has 2 aliphatic rings. The van der Waals surface area contributed by atoms with Gasteiger partial charge in [0.25, 0.3) is 5.91 Å². The first-order valence-electron chi connectivity index (χ1n) is 13.3. The molecule has 4 rings (SSSR count). The average Bonchev–Trinajstić information content (AvgIpc) is 2.89. The van der Waals surface area contributed by atoms with Crippen LogP contribution in [0.4, 0.5) is 10.6 Å². The normalized spacial score (nSPS) is 21.6. The van der Waals surface area contributed by atoms with Crippen LogP contribution in [-0.4, -0.2) is 70.3 Å². The van der Waals surface area contributed by atoms with Gasteiger partial charge in [0.05, 0.1) is 29.1 Å². The number of carbonyl (C=O) groups excluding carboxylic acids is 2. The molecular formula is C28H35ClN6O4. The van der Waals surface area contributed by atoms with Gasteiger partial charge in [0.2, 0.25) is 0 Å². The first-order valence-corrected chi connectivity index (χ1v) is 13.6. The van der Waals surface area contributed by atoms with Gasteiger partial charge >= 0.3 is 6.09 Å². The minimum absolute atomic E-state index is 0.0272. The summed E-state index contributed by atoms with van der Waals surface area (Å²) >= 11 is 6.10. The molecule has 1 aliphatic heterocycles. The monoisotopic (exact) mass is 554 g/mol. The maximum Gasteiger partial charge on any atom is 0.410 e. The van der Waals surface area contributed by atoms with E-state index in [-0.39, 0.29) is 35.9 Å². The molecule has 0 unspecified atom stereocenters. The van der Waals surface area contributed by atoms with Crippen molar-refractivity contribution in [1.82, 2.24) is 20.2 Å². The van der Waals surface area contributed by atoms with Gasteiger partial charge in [-0.3, -0.25) is 4.79 Å². The fourth-order valence-electron chi connectivity index (χ4n) is 4.80. The molecule has 2 amide bonds. The summed E-state index contributed by atoms with van der Waals surface area (Å²) in [7, 11) is 0. The molecule has 0 radical (unpaired) electrons. The number of ether oxygens (including phenoxy) is 2. The number of halogens is 1. The Morgan fingerprint density at radius 2 is 1.87 bits per heavy atom. The third-order valence-corrected chi connectivity index (χ3v) is 7.14. The van der Waals surface area contributed by atoms with E-state index in [2.05, 4.69) is 20.2 Å². The fourth-order valence-corrected chi connectivity index (χ4v) is 5.01. The second-order valence-corrected chi connectivity index (χ2v) is 11.5. The van der Waals surface area contributed by atoms with Crippen LogP contribution in [0.3, 0.4) is 0 Å². The van der Waals surface area contributed by atoms with E-state index in [1.54, 1.807) is 29.3 Å². The van der Waals surface area contributed by atoms with Gasteiger partial charge < -0.3 is 24.6 Å². The van der Waals surface area contributed by atoms with Gasteiger partial charge in [0.1, 0.15) is 28.9 Å². The molecular weight excluding hydrogens is 520 g/mol. The Morgan fingerprint density at radius 1 is 1.13 bits per heavy atom. The number of aromatic nitrogens is 2. The van der Waals surface area contributed by atoms with Gasteiger partial charge in [-0.05, 0) is 65.5 Å². The molecule has 1 N–H and O–H groups in total. The number of benzene rings is 1. The molecule has 10 nitrogen and oxygen atoms in total. The SMILES string of the molecule is C[C@H]1CN(c2cnc(C(=O)N[C@H]3CC[C@H](Oc4ccc(C#N)c(Cl)c4)CC3)cn2)CCN1C(=O)OC(C)(C)C. The van der Waals surface area contributed by atoms with Gasteiger partial charge in [-0.1, -0.05) is 11.6 Å². The number of nitrogens with one attached hydrogen (secondary N) is 1. The van der Waals surface area contributed by atoms with Crippen molar-refractivity contribution in [2.75, 3.05) is 24.5 Å². The molecule has 39 heavy (non-hydrogen) atoms. The topological polar surface area (TPSA) is 121 Å². The third kappa shape index (κ3) is 7.51. The summed E-state index contributed by atoms with van der Waals surface area (Å²) in [4.78, 5) is 37.9. The van der Waals surface area contributed by atoms with Crippen LogP contribution in [0.25, 0.3) is 0 Å². The Kier molecular flexibility index (Phi) is 8.80. The Morgan fingerprint density at radius 3 is 2.46 bits per heavy atom. The molecule has 0 bridgehead atoms. The lowest BCUT2D eigenvalue weighted by molar-refractivity contribution is 0.0158. The minimum atomic E-state index is -0.538. The lowest BCUT2D eigenvalue weighted by Gasteiger charge is -2.40. The molecule has 2 aromatic rings. The lowest BCUT2D eigenvalue weighted by atomic mass is 9.93. The van der Waals surface area contributed by atoms with Crippen molar-refractivity contribution in [1.29, 1.82) is 5.26 Å². The fraction of sp³-hybridized carbons (Fsp3) is 0.536. The van der Waals surface area contributed by atoms with Gasteiger partial charge in [0.15, 0.2) is 0 Å². The van der Waals surface area contributed by atoms with Gasteiger partial charge in [-0.15, -0.1) is 0 Å². The average molecular weight is 555 g/mol. The zero-order valence-corrected chi connectivity index (χ0v) is 23.6. The predicted octanol–water partition coefficient (Wildman–Crippen LogP) is 4.57. The van der Waals surface area contributed by atoms with E-state index in [0.717, 1.165) is 25.7 Å². The quantitative estimate of drug-likeness (QED) is 0.570. The number of piperazine rings is 1. The number of nitriles is 1. The summed E-state index contributed by atoms with van der Waals surface area (Å²) in [5.74, 6) is 1.06. The van der Waals surface area contributed by atoms with Gasteiger partial charge in [-0.2, -0.15) is 5.26 Å². The Balaban J connectivity index is 1.24. The zero-order chi connectivity index (χ0) is 28.2. The van der Waals surface area contributed by atoms with Crippen LogP contribution in [0.5, 0.6) is 5.75 Å². The highest BCUT2D eigenvalue weighted by Crippen LogP contribution is 2.27. The van der Waals surface area contributed by atoms with E-state index < -0.39 is 5.60 Å². The van der Waals surface area contributed by atoms with Crippen LogP contribution in [0, 0.1) is 11.3 Å². The summed E-state index contributed by atoms with van der Waals surface area (Å²) in [5, 5.41) is 12.5. The van der Waals surface area contributed by atoms with Crippen molar-refractivity contribution >= 4 is 29.4 Å². The largest absolute Gasteiger partial charge is 0.490 e. The second-order valence-electron chi connectivity index (χ2n) is 11.0. The minimum Gasteiger partial charge on any atom is -0.490 e. The number of hydrogen-bond donors (Lipinski definition) is 1. The van der Waals surface area contributed by atoms with Crippen molar-refractivity contribution in [2.24, 2.45) is 0 Å². The highest BCUT2D eigenvalue weighted by Gasteiger charge is 2.31. The maximum absolute atomic E-state index is 12.8. The molecule has 208 valence electrons. The van der Waals surface area contributed by atoms with Crippen molar-refractivity contribution in [3.63, 3.8) is 0 Å². The first kappa shape index (κ1) is 28.4. The summed E-state index contributed by atoms with van der Waals surface area (Å²) in [5.41, 5.74) is 0.149. The summed E-state index contributed by atoms with van der Waals surface area (Å²) < 4.78 is 11.5. The van der Waals surface area contributed by atoms with E-state index in [1.807, 2.05) is 33.8 Å².